The van der Waals surface area contributed by atoms with E-state index in [9.17, 15) is 23.4 Å². The lowest BCUT2D eigenvalue weighted by Gasteiger charge is -2.27. The number of fused-ring (bicyclic) bond motifs is 1. The van der Waals surface area contributed by atoms with E-state index in [2.05, 4.69) is 10.1 Å². The van der Waals surface area contributed by atoms with Crippen molar-refractivity contribution in [2.24, 2.45) is 0 Å². The second-order valence-corrected chi connectivity index (χ2v) is 11.6. The number of phenolic OH excluding ortho intramolecular Hbond substituents is 2. The zero-order valence-electron chi connectivity index (χ0n) is 18.8. The van der Waals surface area contributed by atoms with Crippen molar-refractivity contribution >= 4 is 27.3 Å². The van der Waals surface area contributed by atoms with Crippen LogP contribution in [0.25, 0.3) is 11.3 Å². The summed E-state index contributed by atoms with van der Waals surface area (Å²) in [5, 5.41) is 24.2. The lowest BCUT2D eigenvalue weighted by atomic mass is 10.00. The van der Waals surface area contributed by atoms with Crippen LogP contribution in [0, 0.1) is 0 Å². The van der Waals surface area contributed by atoms with Crippen LogP contribution in [0.1, 0.15) is 27.2 Å². The fourth-order valence-electron chi connectivity index (χ4n) is 4.43. The number of carbonyl (C=O) groups is 1. The van der Waals surface area contributed by atoms with Gasteiger partial charge in [-0.15, -0.1) is 0 Å². The van der Waals surface area contributed by atoms with E-state index in [4.69, 9.17) is 16.1 Å². The summed E-state index contributed by atoms with van der Waals surface area (Å²) in [5.41, 5.74) is 3.27. The third kappa shape index (κ3) is 4.86. The van der Waals surface area contributed by atoms with E-state index in [-0.39, 0.29) is 40.5 Å². The number of phenols is 2. The fourth-order valence-corrected chi connectivity index (χ4v) is 5.87. The van der Waals surface area contributed by atoms with E-state index in [0.29, 0.717) is 60.7 Å². The molecule has 2 aliphatic heterocycles. The molecule has 0 atom stereocenters. The van der Waals surface area contributed by atoms with Crippen molar-refractivity contribution in [1.82, 2.24) is 15.0 Å². The molecule has 2 aliphatic rings. The molecule has 0 aliphatic carbocycles. The minimum atomic E-state index is -2.92. The van der Waals surface area contributed by atoms with Crippen LogP contribution in [-0.4, -0.2) is 70.6 Å². The maximum Gasteiger partial charge on any atom is 0.254 e. The highest BCUT2D eigenvalue weighted by molar-refractivity contribution is 7.91. The quantitative estimate of drug-likeness (QED) is 0.541. The summed E-state index contributed by atoms with van der Waals surface area (Å²) in [6.45, 7) is 2.41. The van der Waals surface area contributed by atoms with Crippen molar-refractivity contribution in [3.05, 3.63) is 63.8 Å². The van der Waals surface area contributed by atoms with Crippen LogP contribution in [0.15, 0.2) is 40.9 Å². The number of nitrogens with zero attached hydrogens (tertiary/aromatic N) is 3. The van der Waals surface area contributed by atoms with Gasteiger partial charge in [0.2, 0.25) is 0 Å². The average molecular weight is 518 g/mol. The first-order valence-electron chi connectivity index (χ1n) is 11.2. The Labute approximate surface area is 207 Å². The zero-order chi connectivity index (χ0) is 24.7. The third-order valence-corrected chi connectivity index (χ3v) is 8.39. The summed E-state index contributed by atoms with van der Waals surface area (Å²) in [6.07, 6.45) is 0.507. The van der Waals surface area contributed by atoms with Crippen molar-refractivity contribution < 1.29 is 27.9 Å². The lowest BCUT2D eigenvalue weighted by molar-refractivity contribution is 0.0734. The molecule has 0 saturated carbocycles. The number of amides is 1. The Kier molecular flexibility index (Phi) is 6.20. The minimum Gasteiger partial charge on any atom is -0.507 e. The predicted octanol–water partition coefficient (Wildman–Crippen LogP) is 2.84. The first kappa shape index (κ1) is 23.7. The molecule has 5 rings (SSSR count). The summed E-state index contributed by atoms with van der Waals surface area (Å²) in [5.74, 6) is 0.101. The molecular weight excluding hydrogens is 494 g/mol. The average Bonchev–Trinajstić information content (AvgIpc) is 3.26. The second-order valence-electron chi connectivity index (χ2n) is 8.86. The number of hydrogen-bond donors (Lipinski definition) is 2. The monoisotopic (exact) mass is 517 g/mol. The van der Waals surface area contributed by atoms with Gasteiger partial charge in [0.05, 0.1) is 34.3 Å². The number of hydrogen-bond acceptors (Lipinski definition) is 8. The molecule has 0 unspecified atom stereocenters. The molecular formula is C24H24ClN3O6S. The third-order valence-electron chi connectivity index (χ3n) is 6.48. The molecule has 0 spiro atoms. The topological polar surface area (TPSA) is 124 Å². The molecule has 0 bridgehead atoms. The van der Waals surface area contributed by atoms with Crippen LogP contribution in [0.4, 0.5) is 0 Å². The minimum absolute atomic E-state index is 0.0676. The van der Waals surface area contributed by atoms with E-state index < -0.39 is 9.84 Å². The Balaban J connectivity index is 1.29. The largest absolute Gasteiger partial charge is 0.507 e. The highest BCUT2D eigenvalue weighted by atomic mass is 35.5. The van der Waals surface area contributed by atoms with Crippen molar-refractivity contribution in [3.63, 3.8) is 0 Å². The van der Waals surface area contributed by atoms with Gasteiger partial charge in [-0.1, -0.05) is 28.9 Å². The Bertz CT molecular complexity index is 1370. The summed E-state index contributed by atoms with van der Waals surface area (Å²) < 4.78 is 28.7. The number of aromatic nitrogens is 1. The summed E-state index contributed by atoms with van der Waals surface area (Å²) in [6, 6.07) is 9.91. The molecule has 2 aromatic carbocycles. The molecule has 9 nitrogen and oxygen atoms in total. The van der Waals surface area contributed by atoms with Crippen molar-refractivity contribution in [3.8, 4) is 22.8 Å². The molecule has 1 saturated heterocycles. The van der Waals surface area contributed by atoms with Crippen molar-refractivity contribution in [1.29, 1.82) is 0 Å². The standard InChI is InChI=1S/C24H24ClN3O6S/c25-19-11-17(21(29)12-22(19)30)23-18-14-28(6-5-20(18)26-34-23)24(31)16-3-1-15(2-4-16)13-27-7-9-35(32,33)10-8-27/h1-4,11-12,29-30H,5-10,13-14H2. The summed E-state index contributed by atoms with van der Waals surface area (Å²) >= 11 is 6.01. The smallest absolute Gasteiger partial charge is 0.254 e. The van der Waals surface area contributed by atoms with Gasteiger partial charge in [0.25, 0.3) is 5.91 Å². The Morgan fingerprint density at radius 3 is 2.49 bits per heavy atom. The molecule has 2 N–H and O–H groups in total. The van der Waals surface area contributed by atoms with Gasteiger partial charge in [0, 0.05) is 49.8 Å². The van der Waals surface area contributed by atoms with Gasteiger partial charge in [-0.2, -0.15) is 0 Å². The molecule has 1 fully saturated rings. The molecule has 11 heteroatoms. The molecule has 3 heterocycles. The normalized spacial score (nSPS) is 17.8. The SMILES string of the molecule is O=C(c1ccc(CN2CCS(=O)(=O)CC2)cc1)N1CCc2noc(-c3cc(Cl)c(O)cc3O)c2C1. The first-order chi connectivity index (χ1) is 16.7. The van der Waals surface area contributed by atoms with Crippen LogP contribution in [0.3, 0.4) is 0 Å². The second kappa shape index (κ2) is 9.18. The highest BCUT2D eigenvalue weighted by Crippen LogP contribution is 2.40. The molecule has 3 aromatic rings. The maximum absolute atomic E-state index is 13.2. The first-order valence-corrected chi connectivity index (χ1v) is 13.4. The van der Waals surface area contributed by atoms with Crippen LogP contribution >= 0.6 is 11.6 Å². The van der Waals surface area contributed by atoms with Crippen LogP contribution < -0.4 is 0 Å². The summed E-state index contributed by atoms with van der Waals surface area (Å²) in [7, 11) is -2.92. The van der Waals surface area contributed by atoms with Gasteiger partial charge < -0.3 is 19.6 Å². The van der Waals surface area contributed by atoms with Gasteiger partial charge in [-0.3, -0.25) is 9.69 Å². The van der Waals surface area contributed by atoms with Crippen LogP contribution in [0.2, 0.25) is 5.02 Å². The van der Waals surface area contributed by atoms with E-state index in [0.717, 1.165) is 11.6 Å². The number of sulfone groups is 1. The van der Waals surface area contributed by atoms with Crippen molar-refractivity contribution in [2.45, 2.75) is 19.5 Å². The molecule has 35 heavy (non-hydrogen) atoms. The van der Waals surface area contributed by atoms with E-state index in [1.54, 1.807) is 17.0 Å². The van der Waals surface area contributed by atoms with Crippen molar-refractivity contribution in [2.75, 3.05) is 31.1 Å². The number of rotatable bonds is 4. The van der Waals surface area contributed by atoms with Crippen LogP contribution in [0.5, 0.6) is 11.5 Å². The number of halogens is 1. The van der Waals surface area contributed by atoms with E-state index >= 15 is 0 Å². The predicted molar refractivity (Wildman–Crippen MR) is 129 cm³/mol. The van der Waals surface area contributed by atoms with Gasteiger partial charge in [0.1, 0.15) is 11.5 Å². The maximum atomic E-state index is 13.2. The zero-order valence-corrected chi connectivity index (χ0v) is 20.3. The molecule has 0 radical (unpaired) electrons. The number of benzene rings is 2. The number of carbonyl (C=O) groups excluding carboxylic acids is 1. The lowest BCUT2D eigenvalue weighted by Crippen LogP contribution is -2.39. The highest BCUT2D eigenvalue weighted by Gasteiger charge is 2.29. The number of aromatic hydroxyl groups is 2. The molecule has 1 amide bonds. The Morgan fingerprint density at radius 1 is 1.06 bits per heavy atom. The van der Waals surface area contributed by atoms with Gasteiger partial charge in [-0.25, -0.2) is 8.42 Å². The molecule has 184 valence electrons. The van der Waals surface area contributed by atoms with Gasteiger partial charge in [0.15, 0.2) is 15.6 Å². The fraction of sp³-hybridized carbons (Fsp3) is 0.333. The Morgan fingerprint density at radius 2 is 1.77 bits per heavy atom. The van der Waals surface area contributed by atoms with E-state index in [1.807, 2.05) is 12.1 Å². The van der Waals surface area contributed by atoms with Gasteiger partial charge >= 0.3 is 0 Å². The molecule has 1 aromatic heterocycles. The van der Waals surface area contributed by atoms with E-state index in [1.165, 1.54) is 6.07 Å². The van der Waals surface area contributed by atoms with Gasteiger partial charge in [-0.05, 0) is 23.8 Å². The Hall–Kier alpha value is -3.08. The summed E-state index contributed by atoms with van der Waals surface area (Å²) in [4.78, 5) is 17.0. The van der Waals surface area contributed by atoms with Crippen LogP contribution in [-0.2, 0) is 29.3 Å².